The molecular weight excluding hydrogens is 351 g/mol. The molecule has 3 nitrogen and oxygen atoms in total. The number of rotatable bonds is 4. The summed E-state index contributed by atoms with van der Waals surface area (Å²) in [6, 6.07) is 0. The first-order valence-corrected chi connectivity index (χ1v) is 8.60. The Kier molecular flexibility index (Phi) is 3.67. The van der Waals surface area contributed by atoms with E-state index in [1.807, 2.05) is 0 Å². The molecule has 0 heterocycles. The molecule has 2 fully saturated rings. The largest absolute Gasteiger partial charge is 0.355 e. The maximum atomic E-state index is 12.5. The first-order valence-electron chi connectivity index (χ1n) is 7.36. The predicted molar refractivity (Wildman–Crippen MR) is 84.7 cm³/mol. The smallest absolute Gasteiger partial charge is 0.224 e. The highest BCUT2D eigenvalue weighted by Gasteiger charge is 2.50. The van der Waals surface area contributed by atoms with E-state index in [1.165, 1.54) is 19.3 Å². The van der Waals surface area contributed by atoms with Gasteiger partial charge in [-0.2, -0.15) is 0 Å². The lowest BCUT2D eigenvalue weighted by molar-refractivity contribution is -0.128. The van der Waals surface area contributed by atoms with Crippen LogP contribution in [0.15, 0.2) is 12.2 Å². The lowest BCUT2D eigenvalue weighted by Gasteiger charge is -2.39. The summed E-state index contributed by atoms with van der Waals surface area (Å²) in [7, 11) is 0. The van der Waals surface area contributed by atoms with E-state index < -0.39 is 0 Å². The van der Waals surface area contributed by atoms with E-state index in [2.05, 4.69) is 47.0 Å². The molecule has 1 amide bonds. The van der Waals surface area contributed by atoms with Crippen molar-refractivity contribution >= 4 is 28.5 Å². The predicted octanol–water partition coefficient (Wildman–Crippen LogP) is 2.45. The number of alkyl halides is 1. The fourth-order valence-electron chi connectivity index (χ4n) is 4.04. The van der Waals surface area contributed by atoms with Crippen LogP contribution in [0.3, 0.4) is 0 Å². The van der Waals surface area contributed by atoms with Crippen molar-refractivity contribution < 1.29 is 4.79 Å². The van der Waals surface area contributed by atoms with Gasteiger partial charge in [0.25, 0.3) is 0 Å². The van der Waals surface area contributed by atoms with Gasteiger partial charge in [0.15, 0.2) is 0 Å². The number of nitrogens with two attached hydrogens (primary N) is 1. The minimum atomic E-state index is 0.0765. The number of fused-ring (bicyclic) bond motifs is 2. The number of carbonyl (C=O) groups excluding carboxylic acids is 1. The second kappa shape index (κ2) is 5.02. The Morgan fingerprint density at radius 3 is 2.74 bits per heavy atom. The van der Waals surface area contributed by atoms with E-state index in [0.29, 0.717) is 23.2 Å². The number of carbonyl (C=O) groups is 1. The summed E-state index contributed by atoms with van der Waals surface area (Å²) < 4.78 is 0.0765. The van der Waals surface area contributed by atoms with Crippen LogP contribution in [0, 0.1) is 29.1 Å². The molecule has 3 N–H and O–H groups in total. The number of hydrogen-bond acceptors (Lipinski definition) is 2. The lowest BCUT2D eigenvalue weighted by Crippen LogP contribution is -2.46. The molecule has 0 saturated heterocycles. The number of nitrogens with one attached hydrogen (secondary N) is 1. The first-order chi connectivity index (χ1) is 9.00. The molecule has 0 aliphatic heterocycles. The molecule has 4 heteroatoms. The van der Waals surface area contributed by atoms with Gasteiger partial charge in [-0.1, -0.05) is 48.1 Å². The van der Waals surface area contributed by atoms with Crippen molar-refractivity contribution in [2.75, 3.05) is 6.54 Å². The molecule has 0 spiro atoms. The second-order valence-corrected chi connectivity index (χ2v) is 8.32. The van der Waals surface area contributed by atoms with E-state index in [0.717, 1.165) is 13.0 Å². The van der Waals surface area contributed by atoms with Crippen molar-refractivity contribution in [1.29, 1.82) is 0 Å². The van der Waals surface area contributed by atoms with Crippen LogP contribution in [0.25, 0.3) is 0 Å². The Bertz CT molecular complexity index is 403. The normalized spacial score (nSPS) is 39.9. The van der Waals surface area contributed by atoms with Gasteiger partial charge >= 0.3 is 0 Å². The highest BCUT2D eigenvalue weighted by Crippen LogP contribution is 2.50. The molecule has 0 aromatic rings. The summed E-state index contributed by atoms with van der Waals surface area (Å²) in [6.45, 7) is 3.12. The van der Waals surface area contributed by atoms with Crippen molar-refractivity contribution in [3.05, 3.63) is 12.2 Å². The topological polar surface area (TPSA) is 55.1 Å². The maximum absolute atomic E-state index is 12.5. The van der Waals surface area contributed by atoms with E-state index in [9.17, 15) is 4.79 Å². The maximum Gasteiger partial charge on any atom is 0.224 e. The highest BCUT2D eigenvalue weighted by molar-refractivity contribution is 14.1. The number of hydrogen-bond donors (Lipinski definition) is 2. The monoisotopic (exact) mass is 374 g/mol. The third-order valence-corrected chi connectivity index (χ3v) is 6.27. The molecule has 0 radical (unpaired) electrons. The van der Waals surface area contributed by atoms with Gasteiger partial charge in [0.2, 0.25) is 5.91 Å². The molecule has 0 aromatic carbocycles. The van der Waals surface area contributed by atoms with Gasteiger partial charge in [0.05, 0.1) is 4.05 Å². The van der Waals surface area contributed by atoms with Gasteiger partial charge in [0.1, 0.15) is 0 Å². The first kappa shape index (κ1) is 13.9. The molecule has 1 unspecified atom stereocenters. The lowest BCUT2D eigenvalue weighted by atomic mass is 9.70. The van der Waals surface area contributed by atoms with E-state index >= 15 is 0 Å². The van der Waals surface area contributed by atoms with Crippen LogP contribution in [0.1, 0.15) is 32.6 Å². The van der Waals surface area contributed by atoms with E-state index in [1.54, 1.807) is 0 Å². The van der Waals surface area contributed by atoms with E-state index in [4.69, 9.17) is 5.73 Å². The number of amides is 1. The quantitative estimate of drug-likeness (QED) is 0.344. The zero-order chi connectivity index (χ0) is 13.6. The molecule has 3 aliphatic rings. The van der Waals surface area contributed by atoms with Crippen molar-refractivity contribution in [1.82, 2.24) is 5.32 Å². The van der Waals surface area contributed by atoms with Gasteiger partial charge in [-0.15, -0.1) is 0 Å². The zero-order valence-corrected chi connectivity index (χ0v) is 13.6. The fourth-order valence-corrected chi connectivity index (χ4v) is 5.02. The average Bonchev–Trinajstić information content (AvgIpc) is 2.93. The van der Waals surface area contributed by atoms with Crippen molar-refractivity contribution in [3.8, 4) is 0 Å². The highest BCUT2D eigenvalue weighted by atomic mass is 127. The molecule has 3 rings (SSSR count). The third kappa shape index (κ3) is 2.46. The molecule has 2 bridgehead atoms. The van der Waals surface area contributed by atoms with Crippen molar-refractivity contribution in [2.45, 2.75) is 36.7 Å². The third-order valence-electron chi connectivity index (χ3n) is 5.44. The second-order valence-electron chi connectivity index (χ2n) is 6.88. The van der Waals surface area contributed by atoms with Gasteiger partial charge < -0.3 is 11.1 Å². The van der Waals surface area contributed by atoms with Gasteiger partial charge in [-0.05, 0) is 36.5 Å². The summed E-state index contributed by atoms with van der Waals surface area (Å²) >= 11 is 2.28. The van der Waals surface area contributed by atoms with Crippen LogP contribution in [-0.4, -0.2) is 16.5 Å². The summed E-state index contributed by atoms with van der Waals surface area (Å²) in [6.07, 6.45) is 9.43. The Labute approximate surface area is 128 Å². The Morgan fingerprint density at radius 1 is 1.47 bits per heavy atom. The van der Waals surface area contributed by atoms with Gasteiger partial charge in [-0.3, -0.25) is 4.79 Å². The molecular formula is C15H23IN2O. The standard InChI is InChI=1S/C15H23IN2O/c1-15(5-2-6-15)8-18-14(19)12-10-4-3-9(7-10)11(12)13(16)17/h3-4,9-13H,2,5-8,17H2,1H3,(H,18,19)/t9-,10+,11+,12-,13?/m0/s1. The van der Waals surface area contributed by atoms with Crippen LogP contribution in [0.5, 0.6) is 0 Å². The summed E-state index contributed by atoms with van der Waals surface area (Å²) in [5.41, 5.74) is 6.46. The average molecular weight is 374 g/mol. The Balaban J connectivity index is 1.63. The summed E-state index contributed by atoms with van der Waals surface area (Å²) in [4.78, 5) is 12.5. The van der Waals surface area contributed by atoms with Crippen LogP contribution >= 0.6 is 22.6 Å². The Hall–Kier alpha value is -0.100. The molecule has 106 valence electrons. The molecule has 5 atom stereocenters. The Morgan fingerprint density at radius 2 is 2.16 bits per heavy atom. The van der Waals surface area contributed by atoms with Crippen molar-refractivity contribution in [3.63, 3.8) is 0 Å². The van der Waals surface area contributed by atoms with Gasteiger partial charge in [-0.25, -0.2) is 0 Å². The minimum absolute atomic E-state index is 0.0765. The minimum Gasteiger partial charge on any atom is -0.355 e. The molecule has 3 aliphatic carbocycles. The van der Waals surface area contributed by atoms with Gasteiger partial charge in [0, 0.05) is 18.4 Å². The van der Waals surface area contributed by atoms with Crippen LogP contribution < -0.4 is 11.1 Å². The summed E-state index contributed by atoms with van der Waals surface area (Å²) in [5.74, 6) is 1.61. The molecule has 19 heavy (non-hydrogen) atoms. The van der Waals surface area contributed by atoms with Crippen LogP contribution in [0.2, 0.25) is 0 Å². The van der Waals surface area contributed by atoms with E-state index in [-0.39, 0.29) is 15.9 Å². The fraction of sp³-hybridized carbons (Fsp3) is 0.800. The van der Waals surface area contributed by atoms with Crippen LogP contribution in [-0.2, 0) is 4.79 Å². The van der Waals surface area contributed by atoms with Crippen LogP contribution in [0.4, 0.5) is 0 Å². The van der Waals surface area contributed by atoms with Crippen molar-refractivity contribution in [2.24, 2.45) is 34.8 Å². The SMILES string of the molecule is CC1(CNC(=O)[C@@H]2[C@H](C(N)I)[C@H]3C=C[C@@H]2C3)CCC1. The molecule has 0 aromatic heterocycles. The summed E-state index contributed by atoms with van der Waals surface area (Å²) in [5, 5.41) is 3.21. The number of allylic oxidation sites excluding steroid dienone is 2. The molecule has 2 saturated carbocycles. The zero-order valence-electron chi connectivity index (χ0n) is 11.4. The number of halogens is 1.